The number of rotatable bonds is 11. The summed E-state index contributed by atoms with van der Waals surface area (Å²) in [5.41, 5.74) is 0.746. The Morgan fingerprint density at radius 3 is 2.42 bits per heavy atom. The molecule has 2 aromatic rings. The van der Waals surface area contributed by atoms with E-state index in [1.165, 1.54) is 0 Å². The summed E-state index contributed by atoms with van der Waals surface area (Å²) in [6, 6.07) is 14.0. The van der Waals surface area contributed by atoms with Gasteiger partial charge in [-0.25, -0.2) is 0 Å². The maximum absolute atomic E-state index is 13.1. The largest absolute Gasteiger partial charge is 0.494 e. The number of hydrogen-bond acceptors (Lipinski definition) is 3. The van der Waals surface area contributed by atoms with Crippen LogP contribution in [0.1, 0.15) is 45.6 Å². The number of nitrogens with zero attached hydrogens (tertiary/aromatic N) is 1. The van der Waals surface area contributed by atoms with Gasteiger partial charge in [0, 0.05) is 29.1 Å². The predicted octanol–water partition coefficient (Wildman–Crippen LogP) is 5.48. The van der Waals surface area contributed by atoms with Crippen molar-refractivity contribution < 1.29 is 14.3 Å². The highest BCUT2D eigenvalue weighted by molar-refractivity contribution is 6.35. The number of nitrogens with one attached hydrogen (secondary N) is 1. The molecule has 168 valence electrons. The van der Waals surface area contributed by atoms with Gasteiger partial charge >= 0.3 is 0 Å². The maximum atomic E-state index is 13.1. The van der Waals surface area contributed by atoms with Gasteiger partial charge in [0.2, 0.25) is 11.8 Å². The van der Waals surface area contributed by atoms with Crippen LogP contribution in [0.2, 0.25) is 10.0 Å². The van der Waals surface area contributed by atoms with Gasteiger partial charge in [0.15, 0.2) is 0 Å². The van der Waals surface area contributed by atoms with Gasteiger partial charge in [-0.3, -0.25) is 9.59 Å². The number of benzene rings is 2. The first-order valence-corrected chi connectivity index (χ1v) is 11.3. The summed E-state index contributed by atoms with van der Waals surface area (Å²) >= 11 is 12.3. The van der Waals surface area contributed by atoms with Gasteiger partial charge in [-0.2, -0.15) is 0 Å². The van der Waals surface area contributed by atoms with Crippen LogP contribution in [-0.4, -0.2) is 35.4 Å². The standard InChI is InChI=1S/C24H30Cl2N2O3/c1-4-22(24(30)27-17(2)3)28(16-18-12-13-19(25)15-21(18)26)23(29)11-8-14-31-20-9-6-5-7-10-20/h5-7,9-10,12-13,15,17,22H,4,8,11,14,16H2,1-3H3,(H,27,30)/t22-/m0/s1. The molecule has 31 heavy (non-hydrogen) atoms. The Labute approximate surface area is 194 Å². The number of carbonyl (C=O) groups is 2. The Morgan fingerprint density at radius 2 is 1.81 bits per heavy atom. The molecule has 5 nitrogen and oxygen atoms in total. The number of para-hydroxylation sites is 1. The molecule has 2 amide bonds. The molecule has 0 radical (unpaired) electrons. The summed E-state index contributed by atoms with van der Waals surface area (Å²) in [6.07, 6.45) is 1.31. The van der Waals surface area contributed by atoms with E-state index in [9.17, 15) is 9.59 Å². The SMILES string of the molecule is CC[C@@H](C(=O)NC(C)C)N(Cc1ccc(Cl)cc1Cl)C(=O)CCCOc1ccccc1. The van der Waals surface area contributed by atoms with Crippen LogP contribution in [-0.2, 0) is 16.1 Å². The monoisotopic (exact) mass is 464 g/mol. The molecule has 1 atom stereocenters. The minimum atomic E-state index is -0.586. The Kier molecular flexibility index (Phi) is 10.2. The molecule has 1 N–H and O–H groups in total. The summed E-state index contributed by atoms with van der Waals surface area (Å²) in [7, 11) is 0. The Bertz CT molecular complexity index is 859. The summed E-state index contributed by atoms with van der Waals surface area (Å²) in [5.74, 6) is 0.479. The number of halogens is 2. The van der Waals surface area contributed by atoms with Crippen molar-refractivity contribution in [1.29, 1.82) is 0 Å². The van der Waals surface area contributed by atoms with E-state index in [1.807, 2.05) is 51.1 Å². The van der Waals surface area contributed by atoms with Gasteiger partial charge in [-0.15, -0.1) is 0 Å². The first kappa shape index (κ1) is 25.0. The third kappa shape index (κ3) is 8.08. The zero-order valence-electron chi connectivity index (χ0n) is 18.2. The van der Waals surface area contributed by atoms with E-state index in [1.54, 1.807) is 23.1 Å². The fraction of sp³-hybridized carbons (Fsp3) is 0.417. The molecule has 0 unspecified atom stereocenters. The van der Waals surface area contributed by atoms with E-state index in [0.29, 0.717) is 29.5 Å². The molecular weight excluding hydrogens is 435 g/mol. The number of carbonyl (C=O) groups excluding carboxylic acids is 2. The van der Waals surface area contributed by atoms with Gasteiger partial charge in [0.25, 0.3) is 0 Å². The molecule has 7 heteroatoms. The molecular formula is C24H30Cl2N2O3. The van der Waals surface area contributed by atoms with E-state index < -0.39 is 6.04 Å². The second-order valence-corrected chi connectivity index (χ2v) is 8.45. The third-order valence-electron chi connectivity index (χ3n) is 4.72. The normalized spacial score (nSPS) is 11.8. The fourth-order valence-electron chi connectivity index (χ4n) is 3.21. The van der Waals surface area contributed by atoms with E-state index in [-0.39, 0.29) is 30.8 Å². The molecule has 0 heterocycles. The second-order valence-electron chi connectivity index (χ2n) is 7.61. The molecule has 0 fully saturated rings. The topological polar surface area (TPSA) is 58.6 Å². The molecule has 2 rings (SSSR count). The summed E-state index contributed by atoms with van der Waals surface area (Å²) in [6.45, 7) is 6.34. The van der Waals surface area contributed by atoms with Crippen molar-refractivity contribution in [2.45, 2.75) is 58.7 Å². The highest BCUT2D eigenvalue weighted by Gasteiger charge is 2.29. The number of ether oxygens (including phenoxy) is 1. The summed E-state index contributed by atoms with van der Waals surface area (Å²) in [5, 5.41) is 3.91. The van der Waals surface area contributed by atoms with E-state index in [0.717, 1.165) is 11.3 Å². The van der Waals surface area contributed by atoms with Gasteiger partial charge in [-0.05, 0) is 56.5 Å². The van der Waals surface area contributed by atoms with Crippen molar-refractivity contribution in [3.05, 3.63) is 64.1 Å². The Balaban J connectivity index is 2.10. The van der Waals surface area contributed by atoms with Crippen LogP contribution in [0.25, 0.3) is 0 Å². The first-order chi connectivity index (χ1) is 14.8. The lowest BCUT2D eigenvalue weighted by atomic mass is 10.1. The second kappa shape index (κ2) is 12.6. The molecule has 2 aromatic carbocycles. The van der Waals surface area contributed by atoms with Crippen molar-refractivity contribution >= 4 is 35.0 Å². The van der Waals surface area contributed by atoms with Crippen LogP contribution in [0.5, 0.6) is 5.75 Å². The molecule has 0 aliphatic rings. The first-order valence-electron chi connectivity index (χ1n) is 10.5. The van der Waals surface area contributed by atoms with Crippen molar-refractivity contribution in [2.75, 3.05) is 6.61 Å². The zero-order valence-corrected chi connectivity index (χ0v) is 19.7. The average Bonchev–Trinajstić information content (AvgIpc) is 2.72. The highest BCUT2D eigenvalue weighted by atomic mass is 35.5. The van der Waals surface area contributed by atoms with Crippen LogP contribution in [0, 0.1) is 0 Å². The van der Waals surface area contributed by atoms with E-state index in [2.05, 4.69) is 5.32 Å². The van der Waals surface area contributed by atoms with E-state index in [4.69, 9.17) is 27.9 Å². The Hall–Kier alpha value is -2.24. The lowest BCUT2D eigenvalue weighted by Gasteiger charge is -2.31. The molecule has 0 aliphatic carbocycles. The molecule has 0 aromatic heterocycles. The van der Waals surface area contributed by atoms with Crippen LogP contribution < -0.4 is 10.1 Å². The van der Waals surface area contributed by atoms with Gasteiger partial charge in [-0.1, -0.05) is 54.4 Å². The molecule has 0 saturated heterocycles. The third-order valence-corrected chi connectivity index (χ3v) is 5.31. The number of amides is 2. The van der Waals surface area contributed by atoms with Crippen molar-refractivity contribution in [3.63, 3.8) is 0 Å². The quantitative estimate of drug-likeness (QED) is 0.447. The zero-order chi connectivity index (χ0) is 22.8. The van der Waals surface area contributed by atoms with Crippen LogP contribution in [0.3, 0.4) is 0 Å². The fourth-order valence-corrected chi connectivity index (χ4v) is 3.68. The smallest absolute Gasteiger partial charge is 0.243 e. The molecule has 0 spiro atoms. The van der Waals surface area contributed by atoms with Crippen LogP contribution in [0.15, 0.2) is 48.5 Å². The summed E-state index contributed by atoms with van der Waals surface area (Å²) < 4.78 is 5.69. The lowest BCUT2D eigenvalue weighted by molar-refractivity contribution is -0.141. The van der Waals surface area contributed by atoms with Gasteiger partial charge in [0.1, 0.15) is 11.8 Å². The molecule has 0 bridgehead atoms. The molecule has 0 saturated carbocycles. The van der Waals surface area contributed by atoms with Crippen molar-refractivity contribution in [1.82, 2.24) is 10.2 Å². The van der Waals surface area contributed by atoms with Crippen LogP contribution in [0.4, 0.5) is 0 Å². The highest BCUT2D eigenvalue weighted by Crippen LogP contribution is 2.24. The van der Waals surface area contributed by atoms with E-state index >= 15 is 0 Å². The van der Waals surface area contributed by atoms with Crippen molar-refractivity contribution in [2.24, 2.45) is 0 Å². The predicted molar refractivity (Wildman–Crippen MR) is 126 cm³/mol. The number of hydrogen-bond donors (Lipinski definition) is 1. The Morgan fingerprint density at radius 1 is 1.10 bits per heavy atom. The summed E-state index contributed by atoms with van der Waals surface area (Å²) in [4.78, 5) is 27.5. The van der Waals surface area contributed by atoms with Gasteiger partial charge in [0.05, 0.1) is 6.61 Å². The van der Waals surface area contributed by atoms with Gasteiger partial charge < -0.3 is 15.0 Å². The molecule has 0 aliphatic heterocycles. The lowest BCUT2D eigenvalue weighted by Crippen LogP contribution is -2.50. The minimum absolute atomic E-state index is 0.0168. The van der Waals surface area contributed by atoms with Crippen molar-refractivity contribution in [3.8, 4) is 5.75 Å². The minimum Gasteiger partial charge on any atom is -0.494 e. The van der Waals surface area contributed by atoms with Crippen LogP contribution >= 0.6 is 23.2 Å². The maximum Gasteiger partial charge on any atom is 0.243 e. The average molecular weight is 465 g/mol.